The van der Waals surface area contributed by atoms with Crippen LogP contribution in [0.1, 0.15) is 25.7 Å². The second-order valence-corrected chi connectivity index (χ2v) is 5.83. The highest BCUT2D eigenvalue weighted by Gasteiger charge is 2.23. The van der Waals surface area contributed by atoms with Gasteiger partial charge in [0.1, 0.15) is 5.69 Å². The average molecular weight is 329 g/mol. The molecule has 0 radical (unpaired) electrons. The Morgan fingerprint density at radius 2 is 2.16 bits per heavy atom. The van der Waals surface area contributed by atoms with Crippen molar-refractivity contribution in [2.45, 2.75) is 31.8 Å². The highest BCUT2D eigenvalue weighted by atomic mass is 79.9. The molecule has 1 aliphatic rings. The molecule has 2 rings (SSSR count). The van der Waals surface area contributed by atoms with Crippen LogP contribution in [0, 0.1) is 16.0 Å². The summed E-state index contributed by atoms with van der Waals surface area (Å²) < 4.78 is 0.774. The largest absolute Gasteiger partial charge is 0.391 e. The van der Waals surface area contributed by atoms with Crippen molar-refractivity contribution in [3.8, 4) is 0 Å². The minimum absolute atomic E-state index is 0.0295. The lowest BCUT2D eigenvalue weighted by molar-refractivity contribution is -0.384. The van der Waals surface area contributed by atoms with E-state index in [2.05, 4.69) is 21.2 Å². The number of aliphatic hydroxyl groups is 1. The normalized spacial score (nSPS) is 17.4. The van der Waals surface area contributed by atoms with Gasteiger partial charge < -0.3 is 10.4 Å². The van der Waals surface area contributed by atoms with Crippen molar-refractivity contribution >= 4 is 27.3 Å². The molecule has 0 aliphatic heterocycles. The van der Waals surface area contributed by atoms with Crippen molar-refractivity contribution in [2.75, 3.05) is 11.9 Å². The zero-order valence-corrected chi connectivity index (χ0v) is 12.1. The van der Waals surface area contributed by atoms with Crippen LogP contribution in [-0.4, -0.2) is 22.7 Å². The summed E-state index contributed by atoms with van der Waals surface area (Å²) in [6.45, 7) is 0.349. The molecule has 19 heavy (non-hydrogen) atoms. The highest BCUT2D eigenvalue weighted by Crippen LogP contribution is 2.30. The summed E-state index contributed by atoms with van der Waals surface area (Å²) >= 11 is 3.29. The first-order valence-corrected chi connectivity index (χ1v) is 7.23. The number of rotatable bonds is 5. The van der Waals surface area contributed by atoms with Crippen molar-refractivity contribution in [2.24, 2.45) is 5.92 Å². The van der Waals surface area contributed by atoms with Crippen molar-refractivity contribution in [1.82, 2.24) is 0 Å². The van der Waals surface area contributed by atoms with Gasteiger partial charge in [0.15, 0.2) is 0 Å². The van der Waals surface area contributed by atoms with E-state index >= 15 is 0 Å². The molecule has 1 aromatic carbocycles. The summed E-state index contributed by atoms with van der Waals surface area (Å²) in [5, 5.41) is 24.0. The number of nitro benzene ring substituents is 1. The highest BCUT2D eigenvalue weighted by molar-refractivity contribution is 9.10. The zero-order valence-electron chi connectivity index (χ0n) is 10.5. The number of benzene rings is 1. The smallest absolute Gasteiger partial charge is 0.292 e. The third kappa shape index (κ3) is 3.67. The van der Waals surface area contributed by atoms with Crippen LogP contribution in [0.3, 0.4) is 0 Å². The van der Waals surface area contributed by atoms with Gasteiger partial charge in [-0.05, 0) is 30.9 Å². The molecule has 6 heteroatoms. The van der Waals surface area contributed by atoms with Gasteiger partial charge in [0.2, 0.25) is 0 Å². The first kappa shape index (κ1) is 14.3. The Kier molecular flexibility index (Phi) is 4.76. The minimum atomic E-state index is -0.443. The third-order valence-electron chi connectivity index (χ3n) is 3.60. The van der Waals surface area contributed by atoms with E-state index in [1.54, 1.807) is 12.1 Å². The number of halogens is 1. The van der Waals surface area contributed by atoms with E-state index in [-0.39, 0.29) is 5.69 Å². The molecular weight excluding hydrogens is 312 g/mol. The van der Waals surface area contributed by atoms with E-state index in [9.17, 15) is 15.2 Å². The van der Waals surface area contributed by atoms with Gasteiger partial charge in [-0.15, -0.1) is 0 Å². The topological polar surface area (TPSA) is 75.4 Å². The maximum absolute atomic E-state index is 10.9. The quantitative estimate of drug-likeness (QED) is 0.642. The van der Waals surface area contributed by atoms with Gasteiger partial charge in [-0.25, -0.2) is 0 Å². The Balaban J connectivity index is 2.01. The standard InChI is InChI=1S/C13H17BrN2O3/c14-10-5-6-12(16(18)19)11(7-10)15-8-13(17)9-3-1-2-4-9/h5-7,9,13,15,17H,1-4,8H2. The lowest BCUT2D eigenvalue weighted by Gasteiger charge is -2.18. The molecule has 104 valence electrons. The number of anilines is 1. The van der Waals surface area contributed by atoms with Gasteiger partial charge in [0.05, 0.1) is 11.0 Å². The van der Waals surface area contributed by atoms with Gasteiger partial charge in [-0.1, -0.05) is 28.8 Å². The van der Waals surface area contributed by atoms with Crippen LogP contribution in [0.15, 0.2) is 22.7 Å². The molecule has 1 aliphatic carbocycles. The van der Waals surface area contributed by atoms with E-state index in [1.807, 2.05) is 0 Å². The van der Waals surface area contributed by atoms with E-state index in [4.69, 9.17) is 0 Å². The average Bonchev–Trinajstić information content (AvgIpc) is 2.89. The molecule has 0 heterocycles. The van der Waals surface area contributed by atoms with E-state index in [0.29, 0.717) is 18.2 Å². The molecule has 0 aromatic heterocycles. The summed E-state index contributed by atoms with van der Waals surface area (Å²) in [5.74, 6) is 0.318. The van der Waals surface area contributed by atoms with Crippen LogP contribution < -0.4 is 5.32 Å². The summed E-state index contributed by atoms with van der Waals surface area (Å²) in [6, 6.07) is 4.75. The Bertz CT molecular complexity index is 461. The monoisotopic (exact) mass is 328 g/mol. The number of nitro groups is 1. The van der Waals surface area contributed by atoms with Crippen LogP contribution >= 0.6 is 15.9 Å². The number of nitrogens with one attached hydrogen (secondary N) is 1. The molecule has 1 fully saturated rings. The van der Waals surface area contributed by atoms with Crippen LogP contribution in [-0.2, 0) is 0 Å². The molecule has 5 nitrogen and oxygen atoms in total. The molecule has 2 N–H and O–H groups in total. The Hall–Kier alpha value is -1.14. The fourth-order valence-electron chi connectivity index (χ4n) is 2.53. The van der Waals surface area contributed by atoms with E-state index < -0.39 is 11.0 Å². The van der Waals surface area contributed by atoms with Crippen LogP contribution in [0.4, 0.5) is 11.4 Å². The first-order chi connectivity index (χ1) is 9.08. The molecule has 1 atom stereocenters. The fourth-order valence-corrected chi connectivity index (χ4v) is 2.89. The molecule has 1 aromatic rings. The maximum Gasteiger partial charge on any atom is 0.292 e. The second-order valence-electron chi connectivity index (χ2n) is 4.91. The molecular formula is C13H17BrN2O3. The van der Waals surface area contributed by atoms with E-state index in [0.717, 1.165) is 17.3 Å². The van der Waals surface area contributed by atoms with Crippen molar-refractivity contribution in [1.29, 1.82) is 0 Å². The molecule has 0 spiro atoms. The van der Waals surface area contributed by atoms with Crippen molar-refractivity contribution in [3.05, 3.63) is 32.8 Å². The lowest BCUT2D eigenvalue weighted by Crippen LogP contribution is -2.26. The van der Waals surface area contributed by atoms with Gasteiger partial charge in [0.25, 0.3) is 5.69 Å². The first-order valence-electron chi connectivity index (χ1n) is 6.44. The van der Waals surface area contributed by atoms with Crippen molar-refractivity contribution < 1.29 is 10.0 Å². The van der Waals surface area contributed by atoms with Crippen LogP contribution in [0.2, 0.25) is 0 Å². The van der Waals surface area contributed by atoms with Gasteiger partial charge in [-0.2, -0.15) is 0 Å². The molecule has 0 amide bonds. The SMILES string of the molecule is O=[N+]([O-])c1ccc(Br)cc1NCC(O)C1CCCC1. The van der Waals surface area contributed by atoms with Gasteiger partial charge in [0, 0.05) is 17.1 Å². The molecule has 0 saturated heterocycles. The molecule has 1 unspecified atom stereocenters. The van der Waals surface area contributed by atoms with Gasteiger partial charge >= 0.3 is 0 Å². The predicted molar refractivity (Wildman–Crippen MR) is 77.3 cm³/mol. The van der Waals surface area contributed by atoms with Crippen LogP contribution in [0.25, 0.3) is 0 Å². The van der Waals surface area contributed by atoms with Gasteiger partial charge in [-0.3, -0.25) is 10.1 Å². The number of aliphatic hydroxyl groups excluding tert-OH is 1. The maximum atomic E-state index is 10.9. The zero-order chi connectivity index (χ0) is 13.8. The number of hydrogen-bond acceptors (Lipinski definition) is 4. The van der Waals surface area contributed by atoms with Crippen LogP contribution in [0.5, 0.6) is 0 Å². The second kappa shape index (κ2) is 6.34. The Labute approximate surface area is 120 Å². The summed E-state index contributed by atoms with van der Waals surface area (Å²) in [7, 11) is 0. The Morgan fingerprint density at radius 1 is 1.47 bits per heavy atom. The molecule has 0 bridgehead atoms. The minimum Gasteiger partial charge on any atom is -0.391 e. The predicted octanol–water partition coefficient (Wildman–Crippen LogP) is 3.32. The fraction of sp³-hybridized carbons (Fsp3) is 0.538. The number of hydrogen-bond donors (Lipinski definition) is 2. The number of nitrogens with zero attached hydrogens (tertiary/aromatic N) is 1. The molecule has 1 saturated carbocycles. The summed E-state index contributed by atoms with van der Waals surface area (Å²) in [6.07, 6.45) is 3.98. The Morgan fingerprint density at radius 3 is 2.79 bits per heavy atom. The third-order valence-corrected chi connectivity index (χ3v) is 4.09. The summed E-state index contributed by atoms with van der Waals surface area (Å²) in [4.78, 5) is 10.5. The summed E-state index contributed by atoms with van der Waals surface area (Å²) in [5.41, 5.74) is 0.471. The van der Waals surface area contributed by atoms with Crippen molar-refractivity contribution in [3.63, 3.8) is 0 Å². The lowest BCUT2D eigenvalue weighted by atomic mass is 10.0. The van der Waals surface area contributed by atoms with E-state index in [1.165, 1.54) is 18.9 Å².